The number of hydrogen-bond donors (Lipinski definition) is 2. The molecule has 1 fully saturated rings. The number of carboxylic acids is 1. The van der Waals surface area contributed by atoms with Gasteiger partial charge in [0.15, 0.2) is 6.61 Å². The highest BCUT2D eigenvalue weighted by atomic mass is 16.5. The number of carbonyl (C=O) groups excluding carboxylic acids is 2. The molecule has 1 aromatic heterocycles. The van der Waals surface area contributed by atoms with E-state index < -0.39 is 18.5 Å². The molecule has 29 heavy (non-hydrogen) atoms. The molecule has 0 saturated carbocycles. The lowest BCUT2D eigenvalue weighted by molar-refractivity contribution is -0.139. The Labute approximate surface area is 170 Å². The number of nitrogens with zero attached hydrogens (tertiary/aromatic N) is 3. The van der Waals surface area contributed by atoms with E-state index in [1.807, 2.05) is 17.0 Å². The normalized spacial score (nSPS) is 14.3. The highest BCUT2D eigenvalue weighted by Gasteiger charge is 2.24. The number of aliphatic carboxylic acids is 1. The number of ether oxygens (including phenoxy) is 1. The van der Waals surface area contributed by atoms with Gasteiger partial charge < -0.3 is 25.0 Å². The lowest BCUT2D eigenvalue weighted by Crippen LogP contribution is -2.53. The predicted molar refractivity (Wildman–Crippen MR) is 105 cm³/mol. The molecule has 0 bridgehead atoms. The first-order valence-electron chi connectivity index (χ1n) is 9.31. The van der Waals surface area contributed by atoms with Crippen molar-refractivity contribution in [3.8, 4) is 5.75 Å². The van der Waals surface area contributed by atoms with Crippen LogP contribution in [0.2, 0.25) is 0 Å². The van der Waals surface area contributed by atoms with Crippen molar-refractivity contribution >= 4 is 36.8 Å². The standard InChI is InChI=1S/C19H19BN4O5/c20-15-9-13(1-2-16(15)29-11-18(26)27)19(28)22-12-24-8-7-23(10-17(24)25)14-3-5-21-6-4-14/h1-6,9H,7-8,10-12H2,(H,22,28)(H,26,27)/i2D. The zero-order chi connectivity index (χ0) is 21.7. The molecular formula is C19H19BN4O5. The topological polar surface area (TPSA) is 112 Å². The van der Waals surface area contributed by atoms with Crippen molar-refractivity contribution in [1.29, 1.82) is 0 Å². The number of carbonyl (C=O) groups is 3. The van der Waals surface area contributed by atoms with Gasteiger partial charge in [-0.2, -0.15) is 0 Å². The van der Waals surface area contributed by atoms with Crippen LogP contribution < -0.4 is 20.4 Å². The molecule has 148 valence electrons. The molecule has 1 saturated heterocycles. The summed E-state index contributed by atoms with van der Waals surface area (Å²) in [5.74, 6) is -1.94. The Hall–Kier alpha value is -3.56. The number of benzene rings is 1. The summed E-state index contributed by atoms with van der Waals surface area (Å²) in [6, 6.07) is 5.98. The summed E-state index contributed by atoms with van der Waals surface area (Å²) in [4.78, 5) is 42.9. The number of pyridine rings is 1. The first-order chi connectivity index (χ1) is 14.3. The van der Waals surface area contributed by atoms with E-state index in [9.17, 15) is 14.4 Å². The van der Waals surface area contributed by atoms with E-state index >= 15 is 0 Å². The third-order valence-electron chi connectivity index (χ3n) is 4.31. The minimum absolute atomic E-state index is 0.0176. The fourth-order valence-electron chi connectivity index (χ4n) is 2.81. The van der Waals surface area contributed by atoms with E-state index in [1.54, 1.807) is 12.4 Å². The molecule has 3 rings (SSSR count). The second-order valence-corrected chi connectivity index (χ2v) is 6.30. The van der Waals surface area contributed by atoms with Crippen molar-refractivity contribution < 1.29 is 25.6 Å². The molecule has 1 aliphatic rings. The van der Waals surface area contributed by atoms with Crippen LogP contribution in [0.25, 0.3) is 0 Å². The number of hydrogen-bond acceptors (Lipinski definition) is 6. The largest absolute Gasteiger partial charge is 0.483 e. The van der Waals surface area contributed by atoms with Crippen LogP contribution in [0.15, 0.2) is 42.7 Å². The van der Waals surface area contributed by atoms with E-state index in [0.29, 0.717) is 13.1 Å². The lowest BCUT2D eigenvalue weighted by Gasteiger charge is -2.35. The predicted octanol–water partition coefficient (Wildman–Crippen LogP) is -0.625. The molecule has 1 aromatic carbocycles. The van der Waals surface area contributed by atoms with E-state index in [4.69, 9.17) is 19.1 Å². The summed E-state index contributed by atoms with van der Waals surface area (Å²) in [5, 5.41) is 11.3. The van der Waals surface area contributed by atoms with Crippen molar-refractivity contribution in [3.63, 3.8) is 0 Å². The maximum atomic E-state index is 12.4. The third kappa shape index (κ3) is 5.25. The zero-order valence-corrected chi connectivity index (χ0v) is 15.5. The van der Waals surface area contributed by atoms with E-state index in [-0.39, 0.29) is 41.9 Å². The minimum Gasteiger partial charge on any atom is -0.483 e. The number of anilines is 1. The maximum Gasteiger partial charge on any atom is 0.341 e. The molecule has 2 amide bonds. The van der Waals surface area contributed by atoms with Gasteiger partial charge >= 0.3 is 5.97 Å². The molecule has 0 atom stereocenters. The van der Waals surface area contributed by atoms with Gasteiger partial charge in [-0.25, -0.2) is 4.79 Å². The number of carboxylic acid groups (broad SMARTS) is 1. The molecule has 1 aliphatic heterocycles. The molecular weight excluding hydrogens is 375 g/mol. The zero-order valence-electron chi connectivity index (χ0n) is 16.5. The Balaban J connectivity index is 1.57. The first-order valence-corrected chi connectivity index (χ1v) is 8.81. The second-order valence-electron chi connectivity index (χ2n) is 6.30. The Morgan fingerprint density at radius 2 is 2.07 bits per heavy atom. The molecule has 0 unspecified atom stereocenters. The number of amides is 2. The van der Waals surface area contributed by atoms with Crippen molar-refractivity contribution in [3.05, 3.63) is 48.3 Å². The average Bonchev–Trinajstić information content (AvgIpc) is 2.72. The maximum absolute atomic E-state index is 12.4. The van der Waals surface area contributed by atoms with Gasteiger partial charge in [0.05, 0.1) is 14.6 Å². The molecule has 9 nitrogen and oxygen atoms in total. The summed E-state index contributed by atoms with van der Waals surface area (Å²) in [6.07, 6.45) is 3.33. The van der Waals surface area contributed by atoms with Gasteiger partial charge in [0.2, 0.25) is 5.91 Å². The van der Waals surface area contributed by atoms with E-state index in [0.717, 1.165) is 5.69 Å². The highest BCUT2D eigenvalue weighted by molar-refractivity contribution is 6.34. The van der Waals surface area contributed by atoms with Crippen molar-refractivity contribution in [2.45, 2.75) is 0 Å². The number of aromatic nitrogens is 1. The van der Waals surface area contributed by atoms with Crippen molar-refractivity contribution in [2.75, 3.05) is 37.8 Å². The van der Waals surface area contributed by atoms with Crippen LogP contribution in [-0.2, 0) is 9.59 Å². The van der Waals surface area contributed by atoms with Crippen LogP contribution >= 0.6 is 0 Å². The first kappa shape index (κ1) is 18.8. The SMILES string of the molecule is [2H]c1cc(C(=O)NCN2CCN(c3ccncc3)CC2=O)cc([B])c1OCC(=O)O. The molecule has 10 heteroatoms. The number of rotatable bonds is 7. The highest BCUT2D eigenvalue weighted by Crippen LogP contribution is 2.15. The van der Waals surface area contributed by atoms with Crippen LogP contribution in [0.4, 0.5) is 5.69 Å². The van der Waals surface area contributed by atoms with Crippen molar-refractivity contribution in [1.82, 2.24) is 15.2 Å². The Morgan fingerprint density at radius 3 is 2.72 bits per heavy atom. The van der Waals surface area contributed by atoms with Crippen LogP contribution in [0.5, 0.6) is 5.75 Å². The Bertz CT molecular complexity index is 936. The third-order valence-corrected chi connectivity index (χ3v) is 4.31. The Morgan fingerprint density at radius 1 is 1.31 bits per heavy atom. The average molecular weight is 395 g/mol. The number of nitrogens with one attached hydrogen (secondary N) is 1. The monoisotopic (exact) mass is 395 g/mol. The quantitative estimate of drug-likeness (QED) is 0.601. The van der Waals surface area contributed by atoms with E-state index in [1.165, 1.54) is 17.0 Å². The lowest BCUT2D eigenvalue weighted by atomic mass is 9.93. The van der Waals surface area contributed by atoms with Gasteiger partial charge in [0.1, 0.15) is 13.6 Å². The van der Waals surface area contributed by atoms with Gasteiger partial charge in [0, 0.05) is 36.7 Å². The van der Waals surface area contributed by atoms with Gasteiger partial charge in [-0.05, 0) is 24.2 Å². The molecule has 2 aromatic rings. The summed E-state index contributed by atoms with van der Waals surface area (Å²) in [5.41, 5.74) is 1.00. The summed E-state index contributed by atoms with van der Waals surface area (Å²) in [7, 11) is 5.79. The smallest absolute Gasteiger partial charge is 0.341 e. The van der Waals surface area contributed by atoms with Crippen LogP contribution in [0, 0.1) is 0 Å². The summed E-state index contributed by atoms with van der Waals surface area (Å²) < 4.78 is 12.9. The summed E-state index contributed by atoms with van der Waals surface area (Å²) >= 11 is 0. The van der Waals surface area contributed by atoms with Gasteiger partial charge in [-0.3, -0.25) is 14.6 Å². The molecule has 0 spiro atoms. The summed E-state index contributed by atoms with van der Waals surface area (Å²) in [6.45, 7) is 0.626. The number of piperazine rings is 1. The van der Waals surface area contributed by atoms with Gasteiger partial charge in [-0.1, -0.05) is 11.5 Å². The molecule has 2 heterocycles. The van der Waals surface area contributed by atoms with Crippen LogP contribution in [0.3, 0.4) is 0 Å². The van der Waals surface area contributed by atoms with Crippen LogP contribution in [0.1, 0.15) is 11.7 Å². The van der Waals surface area contributed by atoms with Crippen LogP contribution in [-0.4, -0.2) is 73.5 Å². The molecule has 2 N–H and O–H groups in total. The molecule has 0 aliphatic carbocycles. The minimum atomic E-state index is -1.20. The molecule has 2 radical (unpaired) electrons. The fraction of sp³-hybridized carbons (Fsp3) is 0.263. The van der Waals surface area contributed by atoms with E-state index in [2.05, 4.69) is 10.3 Å². The van der Waals surface area contributed by atoms with Crippen molar-refractivity contribution in [2.24, 2.45) is 0 Å². The Kier molecular flexibility index (Phi) is 5.89. The van der Waals surface area contributed by atoms with Gasteiger partial charge in [0.25, 0.3) is 5.91 Å². The second kappa shape index (κ2) is 9.09. The fourth-order valence-corrected chi connectivity index (χ4v) is 2.81. The van der Waals surface area contributed by atoms with Gasteiger partial charge in [-0.15, -0.1) is 0 Å².